The van der Waals surface area contributed by atoms with Crippen LogP contribution in [0.15, 0.2) is 0 Å². The summed E-state index contributed by atoms with van der Waals surface area (Å²) in [5.74, 6) is -1.19. The molecule has 0 rings (SSSR count). The molecule has 0 aromatic carbocycles. The molecule has 0 spiro atoms. The van der Waals surface area contributed by atoms with Crippen molar-refractivity contribution < 1.29 is 32.5 Å². The quantitative estimate of drug-likeness (QED) is 0.299. The van der Waals surface area contributed by atoms with Crippen LogP contribution in [0.5, 0.6) is 0 Å². The van der Waals surface area contributed by atoms with Gasteiger partial charge in [0.25, 0.3) is 0 Å². The van der Waals surface area contributed by atoms with Crippen LogP contribution in [0.2, 0.25) is 0 Å². The molecule has 0 aliphatic carbocycles. The normalized spacial score (nSPS) is 11.7. The summed E-state index contributed by atoms with van der Waals surface area (Å²) in [6.07, 6.45) is -1.23. The zero-order valence-corrected chi connectivity index (χ0v) is 6.32. The van der Waals surface area contributed by atoms with E-state index in [4.69, 9.17) is 27.7 Å². The van der Waals surface area contributed by atoms with E-state index in [9.17, 15) is 4.79 Å². The Hall–Kier alpha value is 0.560. The van der Waals surface area contributed by atoms with Crippen LogP contribution >= 0.6 is 0 Å². The first-order valence-electron chi connectivity index (χ1n) is 2.25. The molecule has 9 heteroatoms. The average Bonchev–Trinajstić information content (AvgIpc) is 1.59. The van der Waals surface area contributed by atoms with Crippen LogP contribution in [0.3, 0.4) is 0 Å². The number of hydrogen-bond acceptors (Lipinski definition) is 4. The minimum absolute atomic E-state index is 0. The summed E-state index contributed by atoms with van der Waals surface area (Å²) in [5, 5.41) is 15.8. The fourth-order valence-electron chi connectivity index (χ4n) is 0. The third kappa shape index (κ3) is 46.4. The molecule has 0 amide bonds. The van der Waals surface area contributed by atoms with Gasteiger partial charge in [0.15, 0.2) is 0 Å². The number of aliphatic hydroxyl groups is 1. The second kappa shape index (κ2) is 8.17. The first-order chi connectivity index (χ1) is 4.64. The number of aliphatic hydroxyl groups excluding tert-OH is 1. The summed E-state index contributed by atoms with van der Waals surface area (Å²) in [5.41, 5.74) is 0. The van der Waals surface area contributed by atoms with Crippen molar-refractivity contribution in [2.75, 3.05) is 0 Å². The molecule has 1 atom stereocenters. The van der Waals surface area contributed by atoms with Gasteiger partial charge in [-0.05, 0) is 6.92 Å². The topological polar surface area (TPSA) is 132 Å². The van der Waals surface area contributed by atoms with Crippen molar-refractivity contribution in [3.63, 3.8) is 0 Å². The number of aliphatic carboxylic acids is 1. The van der Waals surface area contributed by atoms with E-state index < -0.39 is 22.5 Å². The number of carboxylic acids is 1. The Balaban J connectivity index is -0.000000126. The van der Waals surface area contributed by atoms with Crippen LogP contribution in [0.1, 0.15) is 6.92 Å². The first-order valence-corrected chi connectivity index (χ1v) is 3.65. The van der Waals surface area contributed by atoms with E-state index in [1.165, 1.54) is 6.92 Å². The van der Waals surface area contributed by atoms with Gasteiger partial charge in [0.05, 0.1) is 0 Å². The van der Waals surface area contributed by atoms with Crippen LogP contribution in [0.4, 0.5) is 0 Å². The first kappa shape index (κ1) is 18.4. The molecule has 0 bridgehead atoms. The Bertz CT molecular complexity index is 199. The molecule has 4 N–H and O–H groups in total. The van der Waals surface area contributed by atoms with Gasteiger partial charge in [0.1, 0.15) is 6.10 Å². The van der Waals surface area contributed by atoms with Gasteiger partial charge in [-0.2, -0.15) is 8.42 Å². The molecular formula is C3H10CaO7S. The zero-order valence-electron chi connectivity index (χ0n) is 5.50. The second-order valence-electron chi connectivity index (χ2n) is 1.46. The van der Waals surface area contributed by atoms with Gasteiger partial charge in [-0.1, -0.05) is 0 Å². The van der Waals surface area contributed by atoms with Crippen LogP contribution in [0, 0.1) is 0 Å². The van der Waals surface area contributed by atoms with Crippen molar-refractivity contribution in [1.82, 2.24) is 0 Å². The van der Waals surface area contributed by atoms with Crippen molar-refractivity contribution >= 4 is 54.1 Å². The Kier molecular flexibility index (Phi) is 12.5. The molecule has 0 aliphatic heterocycles. The number of carbonyl (C=O) groups is 1. The third-order valence-corrected chi connectivity index (χ3v) is 0.357. The van der Waals surface area contributed by atoms with Gasteiger partial charge in [0.2, 0.25) is 0 Å². The predicted octanol–water partition coefficient (Wildman–Crippen LogP) is -2.12. The Morgan fingerprint density at radius 3 is 1.42 bits per heavy atom. The van der Waals surface area contributed by atoms with Crippen molar-refractivity contribution in [3.8, 4) is 0 Å². The fourth-order valence-corrected chi connectivity index (χ4v) is 0. The van der Waals surface area contributed by atoms with Gasteiger partial charge in [-0.3, -0.25) is 9.11 Å². The van der Waals surface area contributed by atoms with Gasteiger partial charge < -0.3 is 10.2 Å². The monoisotopic (exact) mass is 230 g/mol. The summed E-state index contributed by atoms with van der Waals surface area (Å²) in [6, 6.07) is 0. The summed E-state index contributed by atoms with van der Waals surface area (Å²) in [6.45, 7) is 1.20. The number of hydrogen-bond donors (Lipinski definition) is 4. The van der Waals surface area contributed by atoms with Crippen molar-refractivity contribution in [2.24, 2.45) is 0 Å². The number of rotatable bonds is 1. The maximum atomic E-state index is 9.45. The molecule has 1 unspecified atom stereocenters. The van der Waals surface area contributed by atoms with Crippen LogP contribution in [-0.4, -0.2) is 77.5 Å². The van der Waals surface area contributed by atoms with Crippen LogP contribution in [0.25, 0.3) is 0 Å². The van der Waals surface area contributed by atoms with E-state index in [-0.39, 0.29) is 37.7 Å². The van der Waals surface area contributed by atoms with E-state index in [1.807, 2.05) is 0 Å². The molecule has 72 valence electrons. The molecule has 0 saturated carbocycles. The molecule has 0 heterocycles. The molecule has 0 aromatic rings. The van der Waals surface area contributed by atoms with E-state index in [0.29, 0.717) is 0 Å². The van der Waals surface area contributed by atoms with Crippen molar-refractivity contribution in [1.29, 1.82) is 0 Å². The second-order valence-corrected chi connectivity index (χ2v) is 2.36. The minimum atomic E-state index is -4.67. The van der Waals surface area contributed by atoms with E-state index in [2.05, 4.69) is 0 Å². The molecular weight excluding hydrogens is 220 g/mol. The fraction of sp³-hybridized carbons (Fsp3) is 0.667. The van der Waals surface area contributed by atoms with Gasteiger partial charge in [-0.25, -0.2) is 4.79 Å². The summed E-state index contributed by atoms with van der Waals surface area (Å²) < 4.78 is 31.6. The van der Waals surface area contributed by atoms with Gasteiger partial charge in [-0.15, -0.1) is 0 Å². The van der Waals surface area contributed by atoms with E-state index >= 15 is 0 Å². The summed E-state index contributed by atoms with van der Waals surface area (Å²) in [7, 11) is -4.67. The molecule has 12 heavy (non-hydrogen) atoms. The van der Waals surface area contributed by atoms with Gasteiger partial charge >= 0.3 is 54.1 Å². The molecule has 0 saturated heterocycles. The van der Waals surface area contributed by atoms with Crippen molar-refractivity contribution in [2.45, 2.75) is 13.0 Å². The molecule has 0 radical (unpaired) electrons. The summed E-state index contributed by atoms with van der Waals surface area (Å²) >= 11 is 0. The predicted molar refractivity (Wildman–Crippen MR) is 42.0 cm³/mol. The molecule has 0 aromatic heterocycles. The Morgan fingerprint density at radius 2 is 1.42 bits per heavy atom. The zero-order chi connectivity index (χ0) is 9.65. The van der Waals surface area contributed by atoms with E-state index in [0.717, 1.165) is 0 Å². The average molecular weight is 230 g/mol. The number of carboxylic acid groups (broad SMARTS) is 1. The van der Waals surface area contributed by atoms with Crippen LogP contribution < -0.4 is 0 Å². The molecule has 0 aliphatic rings. The summed E-state index contributed by atoms with van der Waals surface area (Å²) in [4.78, 5) is 9.45. The van der Waals surface area contributed by atoms with Gasteiger partial charge in [0, 0.05) is 0 Å². The maximum absolute atomic E-state index is 9.45. The Labute approximate surface area is 99.0 Å². The van der Waals surface area contributed by atoms with E-state index in [1.54, 1.807) is 0 Å². The standard InChI is InChI=1S/C3H6O3.Ca.H2O4S.2H/c1-2(4)3(5)6;;1-5(2,3)4;;/h2,4H,1H3,(H,5,6);;(H2,1,2,3,4);;. The molecule has 0 fully saturated rings. The SMILES string of the molecule is CC(O)C(=O)O.O=S(=O)(O)O.[CaH2]. The molecule has 7 nitrogen and oxygen atoms in total. The van der Waals surface area contributed by atoms with Crippen LogP contribution in [-0.2, 0) is 15.2 Å². The van der Waals surface area contributed by atoms with Crippen molar-refractivity contribution in [3.05, 3.63) is 0 Å². The Morgan fingerprint density at radius 1 is 1.33 bits per heavy atom. The third-order valence-electron chi connectivity index (χ3n) is 0.357.